The number of hydrogen-bond donors (Lipinski definition) is 2. The van der Waals surface area contributed by atoms with E-state index in [4.69, 9.17) is 4.74 Å². The predicted octanol–water partition coefficient (Wildman–Crippen LogP) is 4.11. The Morgan fingerprint density at radius 2 is 1.96 bits per heavy atom. The second-order valence-corrected chi connectivity index (χ2v) is 6.54. The van der Waals surface area contributed by atoms with Crippen LogP contribution in [-0.4, -0.2) is 34.2 Å². The second-order valence-electron chi connectivity index (χ2n) is 5.72. The molecule has 0 fully saturated rings. The van der Waals surface area contributed by atoms with Gasteiger partial charge in [-0.15, -0.1) is 11.8 Å². The number of rotatable bonds is 6. The second kappa shape index (κ2) is 8.66. The summed E-state index contributed by atoms with van der Waals surface area (Å²) in [7, 11) is 1.58. The lowest BCUT2D eigenvalue weighted by Gasteiger charge is -2.14. The number of anilines is 3. The van der Waals surface area contributed by atoms with Crippen LogP contribution < -0.4 is 15.4 Å². The standard InChI is InChI=1S/C19H18FN5O2S/c1-11(26)23-17-8-16(14(10-22-17)15-5-4-12(20)9-21-15)24-18-6-13(27-2)7-19(25-18)28-3/h4-10H,1-3H3,(H2,22,23,24,25,26). The Labute approximate surface area is 165 Å². The molecule has 0 bridgehead atoms. The van der Waals surface area contributed by atoms with E-state index in [0.29, 0.717) is 34.3 Å². The van der Waals surface area contributed by atoms with Crippen molar-refractivity contribution >= 4 is 35.0 Å². The summed E-state index contributed by atoms with van der Waals surface area (Å²) in [5.74, 6) is 0.899. The largest absolute Gasteiger partial charge is 0.497 e. The molecule has 0 spiro atoms. The third-order valence-corrected chi connectivity index (χ3v) is 4.32. The Bertz CT molecular complexity index is 976. The first-order valence-corrected chi connectivity index (χ1v) is 9.47. The number of carbonyl (C=O) groups is 1. The van der Waals surface area contributed by atoms with Gasteiger partial charge in [-0.05, 0) is 18.4 Å². The van der Waals surface area contributed by atoms with E-state index in [2.05, 4.69) is 25.6 Å². The summed E-state index contributed by atoms with van der Waals surface area (Å²) in [5.41, 5.74) is 1.76. The number of methoxy groups -OCH3 is 1. The van der Waals surface area contributed by atoms with Gasteiger partial charge in [-0.25, -0.2) is 14.4 Å². The average Bonchev–Trinajstić information content (AvgIpc) is 2.68. The molecule has 0 aliphatic rings. The molecule has 1 amide bonds. The third kappa shape index (κ3) is 4.74. The van der Waals surface area contributed by atoms with E-state index in [9.17, 15) is 9.18 Å². The Hall–Kier alpha value is -3.20. The summed E-state index contributed by atoms with van der Waals surface area (Å²) in [6.45, 7) is 1.40. The number of pyridine rings is 3. The molecule has 0 aromatic carbocycles. The van der Waals surface area contributed by atoms with E-state index in [1.807, 2.05) is 12.3 Å². The summed E-state index contributed by atoms with van der Waals surface area (Å²) in [5, 5.41) is 6.64. The van der Waals surface area contributed by atoms with E-state index >= 15 is 0 Å². The van der Waals surface area contributed by atoms with E-state index in [1.54, 1.807) is 31.5 Å². The first-order valence-electron chi connectivity index (χ1n) is 8.25. The van der Waals surface area contributed by atoms with Crippen LogP contribution in [0.5, 0.6) is 5.75 Å². The normalized spacial score (nSPS) is 10.4. The van der Waals surface area contributed by atoms with Gasteiger partial charge in [-0.2, -0.15) is 0 Å². The molecule has 0 aliphatic carbocycles. The molecule has 28 heavy (non-hydrogen) atoms. The molecule has 0 saturated heterocycles. The highest BCUT2D eigenvalue weighted by atomic mass is 32.2. The fourth-order valence-corrected chi connectivity index (χ4v) is 2.88. The molecule has 2 N–H and O–H groups in total. The smallest absolute Gasteiger partial charge is 0.222 e. The van der Waals surface area contributed by atoms with Crippen LogP contribution in [0.3, 0.4) is 0 Å². The molecule has 3 heterocycles. The van der Waals surface area contributed by atoms with Crippen molar-refractivity contribution in [2.75, 3.05) is 24.0 Å². The van der Waals surface area contributed by atoms with Gasteiger partial charge in [0.25, 0.3) is 0 Å². The minimum atomic E-state index is -0.430. The number of nitrogens with one attached hydrogen (secondary N) is 2. The zero-order valence-electron chi connectivity index (χ0n) is 15.5. The van der Waals surface area contributed by atoms with Crippen molar-refractivity contribution in [1.29, 1.82) is 0 Å². The van der Waals surface area contributed by atoms with Gasteiger partial charge in [0.05, 0.1) is 24.7 Å². The molecule has 3 aromatic heterocycles. The highest BCUT2D eigenvalue weighted by Gasteiger charge is 2.12. The van der Waals surface area contributed by atoms with E-state index < -0.39 is 5.82 Å². The van der Waals surface area contributed by atoms with E-state index in [-0.39, 0.29) is 5.91 Å². The fraction of sp³-hybridized carbons (Fsp3) is 0.158. The van der Waals surface area contributed by atoms with Crippen molar-refractivity contribution in [3.8, 4) is 17.0 Å². The van der Waals surface area contributed by atoms with Crippen LogP contribution in [-0.2, 0) is 4.79 Å². The van der Waals surface area contributed by atoms with E-state index in [0.717, 1.165) is 11.2 Å². The molecule has 0 radical (unpaired) electrons. The molecule has 7 nitrogen and oxygen atoms in total. The maximum Gasteiger partial charge on any atom is 0.222 e. The van der Waals surface area contributed by atoms with Crippen molar-refractivity contribution in [3.05, 3.63) is 48.5 Å². The lowest BCUT2D eigenvalue weighted by molar-refractivity contribution is -0.114. The topological polar surface area (TPSA) is 89.0 Å². The van der Waals surface area contributed by atoms with Crippen molar-refractivity contribution in [3.63, 3.8) is 0 Å². The number of amides is 1. The van der Waals surface area contributed by atoms with Crippen LogP contribution in [0.4, 0.5) is 21.7 Å². The SMILES string of the molecule is COc1cc(Nc2cc(NC(C)=O)ncc2-c2ccc(F)cn2)nc(SC)c1. The van der Waals surface area contributed by atoms with Gasteiger partial charge in [0, 0.05) is 36.9 Å². The summed E-state index contributed by atoms with van der Waals surface area (Å²) in [6.07, 6.45) is 4.61. The summed E-state index contributed by atoms with van der Waals surface area (Å²) in [4.78, 5) is 24.3. The third-order valence-electron chi connectivity index (χ3n) is 3.69. The van der Waals surface area contributed by atoms with Crippen molar-refractivity contribution in [1.82, 2.24) is 15.0 Å². The number of hydrogen-bond acceptors (Lipinski definition) is 7. The van der Waals surface area contributed by atoms with Crippen LogP contribution in [0, 0.1) is 5.82 Å². The minimum absolute atomic E-state index is 0.240. The number of aromatic nitrogens is 3. The molecule has 144 valence electrons. The van der Waals surface area contributed by atoms with Crippen LogP contribution in [0.25, 0.3) is 11.3 Å². The van der Waals surface area contributed by atoms with Gasteiger partial charge >= 0.3 is 0 Å². The van der Waals surface area contributed by atoms with Crippen LogP contribution in [0.2, 0.25) is 0 Å². The monoisotopic (exact) mass is 399 g/mol. The quantitative estimate of drug-likeness (QED) is 0.603. The maximum absolute atomic E-state index is 13.3. The zero-order chi connectivity index (χ0) is 20.1. The maximum atomic E-state index is 13.3. The fourth-order valence-electron chi connectivity index (χ4n) is 2.45. The van der Waals surface area contributed by atoms with Gasteiger partial charge in [0.2, 0.25) is 5.91 Å². The Morgan fingerprint density at radius 3 is 2.61 bits per heavy atom. The molecule has 0 aliphatic heterocycles. The molecule has 0 unspecified atom stereocenters. The number of nitrogens with zero attached hydrogens (tertiary/aromatic N) is 3. The Balaban J connectivity index is 2.05. The average molecular weight is 399 g/mol. The first-order chi connectivity index (χ1) is 13.5. The Morgan fingerprint density at radius 1 is 1.14 bits per heavy atom. The number of ether oxygens (including phenoxy) is 1. The molecular weight excluding hydrogens is 381 g/mol. The molecule has 0 saturated carbocycles. The number of halogens is 1. The van der Waals surface area contributed by atoms with E-state index in [1.165, 1.54) is 24.8 Å². The molecular formula is C19H18FN5O2S. The van der Waals surface area contributed by atoms with Crippen LogP contribution >= 0.6 is 11.8 Å². The van der Waals surface area contributed by atoms with Crippen molar-refractivity contribution in [2.24, 2.45) is 0 Å². The van der Waals surface area contributed by atoms with Crippen LogP contribution in [0.15, 0.2) is 47.8 Å². The molecule has 3 aromatic rings. The predicted molar refractivity (Wildman–Crippen MR) is 108 cm³/mol. The molecule has 0 atom stereocenters. The lowest BCUT2D eigenvalue weighted by Crippen LogP contribution is -2.08. The first kappa shape index (κ1) is 19.6. The summed E-state index contributed by atoms with van der Waals surface area (Å²) < 4.78 is 18.6. The number of carbonyl (C=O) groups excluding carboxylic acids is 1. The van der Waals surface area contributed by atoms with Gasteiger partial charge in [0.15, 0.2) is 0 Å². The Kier molecular flexibility index (Phi) is 6.05. The van der Waals surface area contributed by atoms with Gasteiger partial charge in [-0.3, -0.25) is 9.78 Å². The van der Waals surface area contributed by atoms with Gasteiger partial charge < -0.3 is 15.4 Å². The zero-order valence-corrected chi connectivity index (χ0v) is 16.3. The summed E-state index contributed by atoms with van der Waals surface area (Å²) in [6, 6.07) is 8.13. The number of thioether (sulfide) groups is 1. The van der Waals surface area contributed by atoms with Crippen LogP contribution in [0.1, 0.15) is 6.92 Å². The van der Waals surface area contributed by atoms with Gasteiger partial charge in [-0.1, -0.05) is 0 Å². The minimum Gasteiger partial charge on any atom is -0.497 e. The van der Waals surface area contributed by atoms with Crippen molar-refractivity contribution < 1.29 is 13.9 Å². The summed E-state index contributed by atoms with van der Waals surface area (Å²) >= 11 is 1.48. The highest BCUT2D eigenvalue weighted by Crippen LogP contribution is 2.32. The molecule has 3 rings (SSSR count). The van der Waals surface area contributed by atoms with Crippen molar-refractivity contribution in [2.45, 2.75) is 11.9 Å². The lowest BCUT2D eigenvalue weighted by atomic mass is 10.1. The highest BCUT2D eigenvalue weighted by molar-refractivity contribution is 7.98. The van der Waals surface area contributed by atoms with Gasteiger partial charge in [0.1, 0.15) is 28.2 Å². The molecule has 9 heteroatoms.